The Balaban J connectivity index is 1.26. The quantitative estimate of drug-likeness (QED) is 0.0457. The number of hydrogen-bond donors (Lipinski definition) is 2. The van der Waals surface area contributed by atoms with Gasteiger partial charge in [-0.25, -0.2) is 0 Å². The molecule has 0 radical (unpaired) electrons. The lowest BCUT2D eigenvalue weighted by atomic mass is 9.87. The second-order valence-corrected chi connectivity index (χ2v) is 15.3. The Morgan fingerprint density at radius 3 is 1.67 bits per heavy atom. The fourth-order valence-corrected chi connectivity index (χ4v) is 7.95. The van der Waals surface area contributed by atoms with Crippen molar-refractivity contribution in [2.24, 2.45) is 0 Å². The van der Waals surface area contributed by atoms with E-state index in [0.29, 0.717) is 23.3 Å². The fourth-order valence-electron chi connectivity index (χ4n) is 7.95. The van der Waals surface area contributed by atoms with Crippen molar-refractivity contribution >= 4 is 22.5 Å². The predicted octanol–water partition coefficient (Wildman–Crippen LogP) is 10.4. The van der Waals surface area contributed by atoms with Crippen LogP contribution in [0.3, 0.4) is 0 Å². The molecule has 5 atom stereocenters. The molecule has 64 heavy (non-hydrogen) atoms. The summed E-state index contributed by atoms with van der Waals surface area (Å²) in [6, 6.07) is 47.3. The van der Waals surface area contributed by atoms with Gasteiger partial charge in [0.05, 0.1) is 64.5 Å². The molecule has 0 aliphatic carbocycles. The normalized spacial score (nSPS) is 18.8. The summed E-state index contributed by atoms with van der Waals surface area (Å²) >= 11 is 0. The summed E-state index contributed by atoms with van der Waals surface area (Å²) < 4.78 is 51.5. The van der Waals surface area contributed by atoms with Crippen molar-refractivity contribution < 1.29 is 52.6 Å². The zero-order valence-electron chi connectivity index (χ0n) is 35.6. The van der Waals surface area contributed by atoms with Crippen molar-refractivity contribution in [3.05, 3.63) is 203 Å². The van der Waals surface area contributed by atoms with Gasteiger partial charge in [-0.05, 0) is 52.6 Å². The molecule has 11 heteroatoms. The molecule has 1 saturated heterocycles. The summed E-state index contributed by atoms with van der Waals surface area (Å²) in [7, 11) is 2.94. The first-order valence-electron chi connectivity index (χ1n) is 21.0. The Morgan fingerprint density at radius 1 is 0.625 bits per heavy atom. The topological polar surface area (TPSA) is 135 Å². The predicted molar refractivity (Wildman–Crippen MR) is 241 cm³/mol. The molecule has 0 saturated carbocycles. The highest BCUT2D eigenvalue weighted by atomic mass is 16.6. The third kappa shape index (κ3) is 10.2. The molecule has 2 heterocycles. The highest BCUT2D eigenvalue weighted by Gasteiger charge is 2.51. The van der Waals surface area contributed by atoms with E-state index in [1.807, 2.05) is 121 Å². The summed E-state index contributed by atoms with van der Waals surface area (Å²) in [5.74, 6) is -0.903. The van der Waals surface area contributed by atoms with Gasteiger partial charge in [-0.15, -0.1) is 0 Å². The summed E-state index contributed by atoms with van der Waals surface area (Å²) in [6.45, 7) is 0.906. The molecule has 0 spiro atoms. The fraction of sp³-hybridized carbons (Fsp3) is 0.226. The van der Waals surface area contributed by atoms with E-state index in [1.165, 1.54) is 20.5 Å². The van der Waals surface area contributed by atoms with Crippen LogP contribution in [0, 0.1) is 0 Å². The molecule has 328 valence electrons. The number of benzene rings is 6. The average Bonchev–Trinajstić information content (AvgIpc) is 3.83. The number of aliphatic hydroxyl groups excluding tert-OH is 1. The monoisotopic (exact) mass is 862 g/mol. The van der Waals surface area contributed by atoms with E-state index < -0.39 is 42.1 Å². The van der Waals surface area contributed by atoms with Crippen LogP contribution in [0.25, 0.3) is 16.7 Å². The minimum absolute atomic E-state index is 0.0510. The first kappa shape index (κ1) is 43.9. The molecule has 7 aromatic rings. The lowest BCUT2D eigenvalue weighted by Crippen LogP contribution is -2.58. The van der Waals surface area contributed by atoms with E-state index in [2.05, 4.69) is 0 Å². The van der Waals surface area contributed by atoms with Gasteiger partial charge in [0.2, 0.25) is 0 Å². The maximum atomic E-state index is 14.4. The van der Waals surface area contributed by atoms with Crippen molar-refractivity contribution in [2.45, 2.75) is 56.9 Å². The van der Waals surface area contributed by atoms with E-state index in [4.69, 9.17) is 37.6 Å². The number of carbonyl (C=O) groups is 1. The van der Waals surface area contributed by atoms with Crippen molar-refractivity contribution in [1.82, 2.24) is 0 Å². The highest BCUT2D eigenvalue weighted by Crippen LogP contribution is 2.49. The van der Waals surface area contributed by atoms with Gasteiger partial charge < -0.3 is 47.8 Å². The Bertz CT molecular complexity index is 2590. The highest BCUT2D eigenvalue weighted by molar-refractivity contribution is 6.15. The number of carbonyl (C=O) groups excluding carboxylic acids is 1. The molecule has 1 fully saturated rings. The van der Waals surface area contributed by atoms with E-state index in [9.17, 15) is 15.0 Å². The summed E-state index contributed by atoms with van der Waals surface area (Å²) in [6.07, 6.45) is -2.05. The Morgan fingerprint density at radius 2 is 1.14 bits per heavy atom. The molecule has 0 bridgehead atoms. The third-order valence-corrected chi connectivity index (χ3v) is 11.1. The number of hydrogen-bond acceptors (Lipinski definition) is 11. The van der Waals surface area contributed by atoms with Gasteiger partial charge in [-0.3, -0.25) is 4.79 Å². The summed E-state index contributed by atoms with van der Waals surface area (Å²) in [5, 5.41) is 24.2. The van der Waals surface area contributed by atoms with Crippen LogP contribution >= 0.6 is 0 Å². The van der Waals surface area contributed by atoms with Crippen LogP contribution in [0.15, 0.2) is 168 Å². The lowest BCUT2D eigenvalue weighted by Gasteiger charge is -2.46. The zero-order chi connectivity index (χ0) is 44.3. The van der Waals surface area contributed by atoms with Crippen molar-refractivity contribution in [3.63, 3.8) is 0 Å². The lowest BCUT2D eigenvalue weighted by molar-refractivity contribution is -0.275. The third-order valence-electron chi connectivity index (χ3n) is 11.1. The first-order chi connectivity index (χ1) is 31.4. The number of fused-ring (bicyclic) bond motifs is 1. The number of allylic oxidation sites excluding steroid dienone is 1. The Labute approximate surface area is 372 Å². The molecular weight excluding hydrogens is 813 g/mol. The SMILES string of the molecule is COc1ccc(/C(O)=C/C(=O)c2c(O)c([C@@H]3O[C@H](COCc4ccccc4)[C@@H](OCc4ccccc4)[C@H](OCc4ccccc4)[C@H]3OCc3ccccc3)c3occc3c2OC)cc1. The van der Waals surface area contributed by atoms with E-state index in [0.717, 1.165) is 28.3 Å². The molecule has 0 unspecified atom stereocenters. The molecule has 8 rings (SSSR count). The summed E-state index contributed by atoms with van der Waals surface area (Å²) in [5.41, 5.74) is 4.20. The number of furan rings is 1. The number of rotatable bonds is 19. The summed E-state index contributed by atoms with van der Waals surface area (Å²) in [4.78, 5) is 14.4. The van der Waals surface area contributed by atoms with Crippen LogP contribution in [0.1, 0.15) is 49.8 Å². The van der Waals surface area contributed by atoms with E-state index >= 15 is 0 Å². The van der Waals surface area contributed by atoms with Crippen molar-refractivity contribution in [3.8, 4) is 17.2 Å². The van der Waals surface area contributed by atoms with Crippen LogP contribution in [-0.4, -0.2) is 61.2 Å². The number of ketones is 1. The maximum absolute atomic E-state index is 14.4. The van der Waals surface area contributed by atoms with Crippen LogP contribution in [-0.2, 0) is 50.1 Å². The number of phenolic OH excluding ortho intramolecular Hbond substituents is 1. The molecule has 6 aromatic carbocycles. The minimum atomic E-state index is -1.14. The molecule has 1 aliphatic rings. The van der Waals surface area contributed by atoms with Gasteiger partial charge >= 0.3 is 0 Å². The number of aliphatic hydroxyl groups is 1. The van der Waals surface area contributed by atoms with Crippen LogP contribution in [0.2, 0.25) is 0 Å². The second kappa shape index (κ2) is 21.1. The number of methoxy groups -OCH3 is 2. The van der Waals surface area contributed by atoms with Crippen molar-refractivity contribution in [2.75, 3.05) is 20.8 Å². The van der Waals surface area contributed by atoms with Gasteiger partial charge in [-0.2, -0.15) is 0 Å². The van der Waals surface area contributed by atoms with Gasteiger partial charge in [0.25, 0.3) is 0 Å². The largest absolute Gasteiger partial charge is 0.507 e. The van der Waals surface area contributed by atoms with Crippen LogP contribution in [0.4, 0.5) is 0 Å². The van der Waals surface area contributed by atoms with Gasteiger partial charge in [0.1, 0.15) is 64.7 Å². The Kier molecular flexibility index (Phi) is 14.5. The van der Waals surface area contributed by atoms with Gasteiger partial charge in [0, 0.05) is 11.6 Å². The number of phenols is 1. The minimum Gasteiger partial charge on any atom is -0.507 e. The molecule has 1 aliphatic heterocycles. The number of aromatic hydroxyl groups is 1. The maximum Gasteiger partial charge on any atom is 0.197 e. The molecule has 1 aromatic heterocycles. The average molecular weight is 863 g/mol. The number of ether oxygens (including phenoxy) is 7. The first-order valence-corrected chi connectivity index (χ1v) is 21.0. The standard InChI is InChI=1S/C53H50O11/c1-57-40-25-23-39(24-26-40)42(54)29-43(55)45-47(56)46(49-41(27-28-60-49)48(45)58-2)51-53(63-33-38-21-13-6-14-22-38)52(62-32-37-19-11-5-12-20-37)50(61-31-36-17-9-4-10-18-36)44(64-51)34-59-30-35-15-7-3-8-16-35/h3-29,44,50-54,56H,30-34H2,1-2H3/b42-29-/t44-,50-,51+,52+,53+/m1/s1. The molecule has 0 amide bonds. The van der Waals surface area contributed by atoms with Crippen molar-refractivity contribution in [1.29, 1.82) is 0 Å². The zero-order valence-corrected chi connectivity index (χ0v) is 35.6. The van der Waals surface area contributed by atoms with Crippen LogP contribution < -0.4 is 9.47 Å². The Hall–Kier alpha value is -6.73. The van der Waals surface area contributed by atoms with Gasteiger partial charge in [-0.1, -0.05) is 121 Å². The second-order valence-electron chi connectivity index (χ2n) is 15.3. The molecule has 2 N–H and O–H groups in total. The van der Waals surface area contributed by atoms with Crippen LogP contribution in [0.5, 0.6) is 17.2 Å². The molecular formula is C53H50O11. The van der Waals surface area contributed by atoms with E-state index in [-0.39, 0.29) is 54.6 Å². The molecule has 11 nitrogen and oxygen atoms in total. The van der Waals surface area contributed by atoms with Gasteiger partial charge in [0.15, 0.2) is 5.78 Å². The smallest absolute Gasteiger partial charge is 0.197 e. The van der Waals surface area contributed by atoms with E-state index in [1.54, 1.807) is 30.3 Å².